The minimum atomic E-state index is -1.09. The molecule has 0 radical (unpaired) electrons. The molecule has 2 amide bonds. The molecule has 0 unspecified atom stereocenters. The average molecular weight is 423 g/mol. The van der Waals surface area contributed by atoms with Gasteiger partial charge in [0.05, 0.1) is 32.2 Å². The van der Waals surface area contributed by atoms with Crippen LogP contribution in [0.4, 0.5) is 11.4 Å². The number of hydrazone groups is 1. The second kappa shape index (κ2) is 8.10. The molecule has 1 saturated heterocycles. The van der Waals surface area contributed by atoms with E-state index in [4.69, 9.17) is 14.2 Å². The van der Waals surface area contributed by atoms with E-state index in [1.807, 2.05) is 0 Å². The Bertz CT molecular complexity index is 1080. The summed E-state index contributed by atoms with van der Waals surface area (Å²) in [6.07, 6.45) is 0. The molecule has 1 fully saturated rings. The van der Waals surface area contributed by atoms with E-state index < -0.39 is 29.7 Å². The summed E-state index contributed by atoms with van der Waals surface area (Å²) in [7, 11) is 2.98. The van der Waals surface area contributed by atoms with Crippen LogP contribution in [0, 0.1) is 5.92 Å². The first-order valence-electron chi connectivity index (χ1n) is 9.71. The van der Waals surface area contributed by atoms with Gasteiger partial charge in [0.25, 0.3) is 5.91 Å². The van der Waals surface area contributed by atoms with Crippen LogP contribution in [0.15, 0.2) is 53.6 Å². The predicted molar refractivity (Wildman–Crippen MR) is 112 cm³/mol. The fourth-order valence-corrected chi connectivity index (χ4v) is 3.81. The van der Waals surface area contributed by atoms with E-state index in [2.05, 4.69) is 5.10 Å². The summed E-state index contributed by atoms with van der Waals surface area (Å²) in [6.45, 7) is 1.78. The fourth-order valence-electron chi connectivity index (χ4n) is 3.81. The number of amides is 2. The third-order valence-corrected chi connectivity index (χ3v) is 5.18. The zero-order valence-electron chi connectivity index (χ0n) is 17.3. The molecule has 0 N–H and O–H groups in total. The van der Waals surface area contributed by atoms with Gasteiger partial charge in [0.1, 0.15) is 23.5 Å². The Morgan fingerprint density at radius 2 is 1.81 bits per heavy atom. The van der Waals surface area contributed by atoms with E-state index in [0.29, 0.717) is 22.9 Å². The SMILES string of the molecule is CCOC(=O)C1=NN(c2cccc(OC)c2)[C@@H]2C(=O)N(c3ccccc3OC)C(=O)[C@H]12. The Morgan fingerprint density at radius 1 is 1.03 bits per heavy atom. The summed E-state index contributed by atoms with van der Waals surface area (Å²) in [4.78, 5) is 40.5. The standard InChI is InChI=1S/C22H21N3O6/c1-4-31-22(28)18-17-19(25(23-18)13-8-7-9-14(12-13)29-2)21(27)24(20(17)26)15-10-5-6-11-16(15)30-3/h5-12,17,19H,4H2,1-3H3/t17-,19+/m1/s1. The van der Waals surface area contributed by atoms with Crippen LogP contribution in [0.2, 0.25) is 0 Å². The number of imide groups is 1. The Balaban J connectivity index is 1.82. The number of carbonyl (C=O) groups is 3. The lowest BCUT2D eigenvalue weighted by molar-refractivity contribution is -0.136. The van der Waals surface area contributed by atoms with Gasteiger partial charge in [-0.3, -0.25) is 14.6 Å². The van der Waals surface area contributed by atoms with Crippen molar-refractivity contribution >= 4 is 34.9 Å². The van der Waals surface area contributed by atoms with Crippen molar-refractivity contribution in [2.75, 3.05) is 30.7 Å². The number of benzene rings is 2. The van der Waals surface area contributed by atoms with Gasteiger partial charge in [-0.2, -0.15) is 5.10 Å². The zero-order valence-corrected chi connectivity index (χ0v) is 17.3. The molecule has 4 rings (SSSR count). The van der Waals surface area contributed by atoms with E-state index in [9.17, 15) is 14.4 Å². The lowest BCUT2D eigenvalue weighted by Crippen LogP contribution is -2.39. The summed E-state index contributed by atoms with van der Waals surface area (Å²) in [5, 5.41) is 5.71. The number of anilines is 2. The van der Waals surface area contributed by atoms with Gasteiger partial charge in [0.2, 0.25) is 5.91 Å². The zero-order chi connectivity index (χ0) is 22.1. The number of hydrogen-bond acceptors (Lipinski definition) is 8. The topological polar surface area (TPSA) is 97.7 Å². The Hall–Kier alpha value is -3.88. The van der Waals surface area contributed by atoms with Crippen molar-refractivity contribution in [2.24, 2.45) is 11.0 Å². The molecule has 9 heteroatoms. The van der Waals surface area contributed by atoms with Gasteiger partial charge in [-0.25, -0.2) is 9.69 Å². The third kappa shape index (κ3) is 3.27. The molecule has 2 heterocycles. The van der Waals surface area contributed by atoms with Crippen molar-refractivity contribution in [1.82, 2.24) is 0 Å². The Kier molecular flexibility index (Phi) is 5.33. The van der Waals surface area contributed by atoms with Crippen molar-refractivity contribution in [1.29, 1.82) is 0 Å². The van der Waals surface area contributed by atoms with E-state index in [1.165, 1.54) is 19.2 Å². The molecule has 9 nitrogen and oxygen atoms in total. The number of para-hydroxylation sites is 2. The molecular formula is C22H21N3O6. The monoisotopic (exact) mass is 423 g/mol. The van der Waals surface area contributed by atoms with Gasteiger partial charge >= 0.3 is 5.97 Å². The molecule has 2 aliphatic rings. The average Bonchev–Trinajstić information content (AvgIpc) is 3.31. The van der Waals surface area contributed by atoms with Crippen LogP contribution in [0.5, 0.6) is 11.5 Å². The second-order valence-electron chi connectivity index (χ2n) is 6.86. The van der Waals surface area contributed by atoms with E-state index >= 15 is 0 Å². The summed E-state index contributed by atoms with van der Waals surface area (Å²) >= 11 is 0. The maximum atomic E-state index is 13.5. The molecule has 0 bridgehead atoms. The predicted octanol–water partition coefficient (Wildman–Crippen LogP) is 2.00. The van der Waals surface area contributed by atoms with Crippen LogP contribution in [-0.4, -0.2) is 50.4 Å². The normalized spacial score (nSPS) is 19.9. The number of ether oxygens (including phenoxy) is 3. The quantitative estimate of drug-likeness (QED) is 0.518. The van der Waals surface area contributed by atoms with Crippen molar-refractivity contribution < 1.29 is 28.6 Å². The molecule has 0 saturated carbocycles. The highest BCUT2D eigenvalue weighted by molar-refractivity contribution is 6.47. The highest BCUT2D eigenvalue weighted by Crippen LogP contribution is 2.41. The number of rotatable bonds is 6. The van der Waals surface area contributed by atoms with Gasteiger partial charge in [0.15, 0.2) is 5.71 Å². The second-order valence-corrected chi connectivity index (χ2v) is 6.86. The van der Waals surface area contributed by atoms with Crippen LogP contribution in [0.25, 0.3) is 0 Å². The van der Waals surface area contributed by atoms with Crippen molar-refractivity contribution in [3.63, 3.8) is 0 Å². The lowest BCUT2D eigenvalue weighted by Gasteiger charge is -2.23. The summed E-state index contributed by atoms with van der Waals surface area (Å²) < 4.78 is 15.7. The smallest absolute Gasteiger partial charge is 0.355 e. The Morgan fingerprint density at radius 3 is 2.52 bits per heavy atom. The highest BCUT2D eigenvalue weighted by Gasteiger charge is 2.59. The molecule has 2 atom stereocenters. The highest BCUT2D eigenvalue weighted by atomic mass is 16.5. The van der Waals surface area contributed by atoms with Gasteiger partial charge in [0, 0.05) is 6.07 Å². The maximum Gasteiger partial charge on any atom is 0.355 e. The molecule has 160 valence electrons. The van der Waals surface area contributed by atoms with Gasteiger partial charge in [-0.05, 0) is 31.2 Å². The first-order chi connectivity index (χ1) is 15.0. The number of fused-ring (bicyclic) bond motifs is 1. The first kappa shape index (κ1) is 20.4. The molecule has 0 aromatic heterocycles. The van der Waals surface area contributed by atoms with E-state index in [0.717, 1.165) is 4.90 Å². The molecule has 2 aromatic carbocycles. The number of esters is 1. The van der Waals surface area contributed by atoms with Crippen molar-refractivity contribution in [3.8, 4) is 11.5 Å². The first-order valence-corrected chi connectivity index (χ1v) is 9.71. The molecule has 31 heavy (non-hydrogen) atoms. The van der Waals surface area contributed by atoms with Crippen LogP contribution < -0.4 is 19.4 Å². The molecule has 0 aliphatic carbocycles. The van der Waals surface area contributed by atoms with Crippen LogP contribution in [0.3, 0.4) is 0 Å². The third-order valence-electron chi connectivity index (χ3n) is 5.18. The summed E-state index contributed by atoms with van der Waals surface area (Å²) in [5.74, 6) is -1.98. The van der Waals surface area contributed by atoms with Gasteiger partial charge in [-0.15, -0.1) is 0 Å². The molecule has 2 aromatic rings. The molecule has 2 aliphatic heterocycles. The lowest BCUT2D eigenvalue weighted by atomic mass is 9.97. The van der Waals surface area contributed by atoms with Gasteiger partial charge < -0.3 is 14.2 Å². The fraction of sp³-hybridized carbons (Fsp3) is 0.273. The minimum Gasteiger partial charge on any atom is -0.497 e. The Labute approximate surface area is 178 Å². The summed E-state index contributed by atoms with van der Waals surface area (Å²) in [6, 6.07) is 12.6. The van der Waals surface area contributed by atoms with Crippen LogP contribution >= 0.6 is 0 Å². The number of nitrogens with zero attached hydrogens (tertiary/aromatic N) is 3. The van der Waals surface area contributed by atoms with Crippen LogP contribution in [-0.2, 0) is 19.1 Å². The molecule has 0 spiro atoms. The van der Waals surface area contributed by atoms with Crippen molar-refractivity contribution in [2.45, 2.75) is 13.0 Å². The van der Waals surface area contributed by atoms with Crippen LogP contribution in [0.1, 0.15) is 6.92 Å². The maximum absolute atomic E-state index is 13.5. The van der Waals surface area contributed by atoms with E-state index in [-0.39, 0.29) is 12.3 Å². The van der Waals surface area contributed by atoms with Gasteiger partial charge in [-0.1, -0.05) is 18.2 Å². The molecular weight excluding hydrogens is 402 g/mol. The van der Waals surface area contributed by atoms with Crippen molar-refractivity contribution in [3.05, 3.63) is 48.5 Å². The number of hydrogen-bond donors (Lipinski definition) is 0. The summed E-state index contributed by atoms with van der Waals surface area (Å²) in [5.41, 5.74) is 0.713. The largest absolute Gasteiger partial charge is 0.497 e. The number of carbonyl (C=O) groups excluding carboxylic acids is 3. The minimum absolute atomic E-state index is 0.106. The number of methoxy groups -OCH3 is 2. The van der Waals surface area contributed by atoms with E-state index in [1.54, 1.807) is 55.5 Å².